The Morgan fingerprint density at radius 1 is 1.31 bits per heavy atom. The van der Waals surface area contributed by atoms with Gasteiger partial charge in [-0.2, -0.15) is 10.5 Å². The Hall–Kier alpha value is -2.27. The Bertz CT molecular complexity index is 517. The van der Waals surface area contributed by atoms with Gasteiger partial charge < -0.3 is 11.1 Å². The molecule has 1 aliphatic carbocycles. The number of nitrogens with zero attached hydrogens (tertiary/aromatic N) is 3. The predicted octanol–water partition coefficient (Wildman–Crippen LogP) is 1.29. The van der Waals surface area contributed by atoms with Crippen molar-refractivity contribution < 1.29 is 0 Å². The molecule has 1 aromatic rings. The van der Waals surface area contributed by atoms with E-state index in [1.54, 1.807) is 6.92 Å². The van der Waals surface area contributed by atoms with Crippen molar-refractivity contribution in [1.29, 1.82) is 10.5 Å². The van der Waals surface area contributed by atoms with Gasteiger partial charge >= 0.3 is 0 Å². The summed E-state index contributed by atoms with van der Waals surface area (Å²) in [5, 5.41) is 21.1. The van der Waals surface area contributed by atoms with Crippen LogP contribution in [0.15, 0.2) is 0 Å². The summed E-state index contributed by atoms with van der Waals surface area (Å²) in [6.45, 7) is 1.72. The van der Waals surface area contributed by atoms with Gasteiger partial charge in [-0.25, -0.2) is 4.98 Å². The summed E-state index contributed by atoms with van der Waals surface area (Å²) in [6.07, 6.45) is 2.18. The molecule has 3 N–H and O–H groups in total. The number of anilines is 2. The maximum absolute atomic E-state index is 9.06. The molecule has 0 spiro atoms. The van der Waals surface area contributed by atoms with Crippen molar-refractivity contribution in [3.05, 3.63) is 16.7 Å². The lowest BCUT2D eigenvalue weighted by Crippen LogP contribution is -2.10. The van der Waals surface area contributed by atoms with Gasteiger partial charge in [0.25, 0.3) is 0 Å². The summed E-state index contributed by atoms with van der Waals surface area (Å²) in [6, 6.07) is 4.43. The molecule has 1 fully saturated rings. The lowest BCUT2D eigenvalue weighted by Gasteiger charge is -2.10. The van der Waals surface area contributed by atoms with Crippen LogP contribution in [0.25, 0.3) is 0 Å². The van der Waals surface area contributed by atoms with Gasteiger partial charge in [0.05, 0.1) is 11.1 Å². The van der Waals surface area contributed by atoms with Crippen LogP contribution in [0.5, 0.6) is 0 Å². The molecule has 0 bridgehead atoms. The van der Waals surface area contributed by atoms with Crippen molar-refractivity contribution in [3.8, 4) is 12.1 Å². The average Bonchev–Trinajstić information content (AvgIpc) is 3.02. The molecule has 80 valence electrons. The second kappa shape index (κ2) is 3.71. The Balaban J connectivity index is 2.53. The average molecular weight is 213 g/mol. The van der Waals surface area contributed by atoms with Crippen molar-refractivity contribution >= 4 is 11.6 Å². The quantitative estimate of drug-likeness (QED) is 0.771. The molecule has 0 unspecified atom stereocenters. The van der Waals surface area contributed by atoms with Crippen LogP contribution in [0.4, 0.5) is 11.6 Å². The SMILES string of the molecule is Cc1c(C#N)c(N)nc(NC2CC2)c1C#N. The Morgan fingerprint density at radius 2 is 1.94 bits per heavy atom. The summed E-state index contributed by atoms with van der Waals surface area (Å²) in [7, 11) is 0. The highest BCUT2D eigenvalue weighted by Gasteiger charge is 2.24. The minimum absolute atomic E-state index is 0.183. The molecule has 5 heteroatoms. The smallest absolute Gasteiger partial charge is 0.146 e. The molecule has 1 aliphatic rings. The summed E-state index contributed by atoms with van der Waals surface area (Å²) in [5.41, 5.74) is 6.97. The third-order valence-electron chi connectivity index (χ3n) is 2.62. The van der Waals surface area contributed by atoms with E-state index in [1.807, 2.05) is 6.07 Å². The van der Waals surface area contributed by atoms with Crippen LogP contribution in [0, 0.1) is 29.6 Å². The monoisotopic (exact) mass is 213 g/mol. The van der Waals surface area contributed by atoms with Crippen molar-refractivity contribution in [3.63, 3.8) is 0 Å². The van der Waals surface area contributed by atoms with Gasteiger partial charge in [-0.3, -0.25) is 0 Å². The predicted molar refractivity (Wildman–Crippen MR) is 59.5 cm³/mol. The molecule has 2 rings (SSSR count). The lowest BCUT2D eigenvalue weighted by atomic mass is 10.1. The zero-order valence-electron chi connectivity index (χ0n) is 8.91. The first-order valence-electron chi connectivity index (χ1n) is 5.04. The van der Waals surface area contributed by atoms with E-state index < -0.39 is 0 Å². The Kier molecular flexibility index (Phi) is 2.38. The molecule has 0 aromatic carbocycles. The summed E-state index contributed by atoms with van der Waals surface area (Å²) >= 11 is 0. The maximum Gasteiger partial charge on any atom is 0.146 e. The number of pyridine rings is 1. The van der Waals surface area contributed by atoms with Gasteiger partial charge in [-0.05, 0) is 25.3 Å². The van der Waals surface area contributed by atoms with E-state index in [2.05, 4.69) is 16.4 Å². The van der Waals surface area contributed by atoms with E-state index in [9.17, 15) is 0 Å². The minimum Gasteiger partial charge on any atom is -0.383 e. The van der Waals surface area contributed by atoms with Crippen LogP contribution in [0.1, 0.15) is 29.5 Å². The van der Waals surface area contributed by atoms with Gasteiger partial charge in [0, 0.05) is 6.04 Å². The van der Waals surface area contributed by atoms with E-state index in [1.165, 1.54) is 0 Å². The maximum atomic E-state index is 9.06. The Morgan fingerprint density at radius 3 is 2.44 bits per heavy atom. The summed E-state index contributed by atoms with van der Waals surface area (Å²) < 4.78 is 0. The van der Waals surface area contributed by atoms with Gasteiger partial charge in [0.1, 0.15) is 23.8 Å². The van der Waals surface area contributed by atoms with Crippen LogP contribution < -0.4 is 11.1 Å². The van der Waals surface area contributed by atoms with E-state index in [4.69, 9.17) is 16.3 Å². The van der Waals surface area contributed by atoms with Crippen molar-refractivity contribution in [1.82, 2.24) is 4.98 Å². The van der Waals surface area contributed by atoms with Gasteiger partial charge in [-0.15, -0.1) is 0 Å². The largest absolute Gasteiger partial charge is 0.383 e. The van der Waals surface area contributed by atoms with Gasteiger partial charge in [0.15, 0.2) is 0 Å². The zero-order valence-corrected chi connectivity index (χ0v) is 8.91. The topological polar surface area (TPSA) is 98.5 Å². The second-order valence-electron chi connectivity index (χ2n) is 3.86. The first-order chi connectivity index (χ1) is 7.67. The van der Waals surface area contributed by atoms with E-state index in [0.29, 0.717) is 23.0 Å². The van der Waals surface area contributed by atoms with Crippen LogP contribution in [0.2, 0.25) is 0 Å². The number of hydrogen-bond donors (Lipinski definition) is 2. The third kappa shape index (κ3) is 1.64. The van der Waals surface area contributed by atoms with Crippen molar-refractivity contribution in [2.75, 3.05) is 11.1 Å². The second-order valence-corrected chi connectivity index (χ2v) is 3.86. The number of nitrogens with two attached hydrogens (primary N) is 1. The molecular formula is C11H11N5. The van der Waals surface area contributed by atoms with E-state index >= 15 is 0 Å². The number of aromatic nitrogens is 1. The molecule has 5 nitrogen and oxygen atoms in total. The number of nitriles is 2. The fraction of sp³-hybridized carbons (Fsp3) is 0.364. The molecule has 1 aromatic heterocycles. The summed E-state index contributed by atoms with van der Waals surface area (Å²) in [4.78, 5) is 4.08. The summed E-state index contributed by atoms with van der Waals surface area (Å²) in [5.74, 6) is 0.682. The third-order valence-corrected chi connectivity index (χ3v) is 2.62. The standard InChI is InChI=1S/C11H11N5/c1-6-8(4-12)10(14)16-11(9(6)5-13)15-7-2-3-7/h7H,2-3H2,1H3,(H3,14,15,16). The molecule has 0 saturated heterocycles. The lowest BCUT2D eigenvalue weighted by molar-refractivity contribution is 1.10. The molecule has 0 amide bonds. The number of nitrogens with one attached hydrogen (secondary N) is 1. The molecule has 0 atom stereocenters. The first-order valence-corrected chi connectivity index (χ1v) is 5.04. The molecule has 0 radical (unpaired) electrons. The highest BCUT2D eigenvalue weighted by molar-refractivity contribution is 5.67. The highest BCUT2D eigenvalue weighted by atomic mass is 15.1. The molecule has 1 saturated carbocycles. The first kappa shape index (κ1) is 10.3. The molecule has 1 heterocycles. The Labute approximate surface area is 93.5 Å². The van der Waals surface area contributed by atoms with E-state index in [-0.39, 0.29) is 11.4 Å². The highest BCUT2D eigenvalue weighted by Crippen LogP contribution is 2.29. The molecule has 16 heavy (non-hydrogen) atoms. The van der Waals surface area contributed by atoms with Crippen LogP contribution in [-0.4, -0.2) is 11.0 Å². The van der Waals surface area contributed by atoms with Crippen molar-refractivity contribution in [2.24, 2.45) is 0 Å². The zero-order chi connectivity index (χ0) is 11.7. The normalized spacial score (nSPS) is 13.9. The molecular weight excluding hydrogens is 202 g/mol. The molecule has 0 aliphatic heterocycles. The fourth-order valence-electron chi connectivity index (χ4n) is 1.53. The van der Waals surface area contributed by atoms with Crippen LogP contribution in [-0.2, 0) is 0 Å². The van der Waals surface area contributed by atoms with E-state index in [0.717, 1.165) is 12.8 Å². The van der Waals surface area contributed by atoms with Gasteiger partial charge in [0.2, 0.25) is 0 Å². The van der Waals surface area contributed by atoms with Crippen LogP contribution >= 0.6 is 0 Å². The van der Waals surface area contributed by atoms with Crippen LogP contribution in [0.3, 0.4) is 0 Å². The van der Waals surface area contributed by atoms with Crippen molar-refractivity contribution in [2.45, 2.75) is 25.8 Å². The minimum atomic E-state index is 0.183. The number of nitrogen functional groups attached to an aromatic ring is 1. The van der Waals surface area contributed by atoms with Gasteiger partial charge in [-0.1, -0.05) is 0 Å². The fourth-order valence-corrected chi connectivity index (χ4v) is 1.53. The number of rotatable bonds is 2. The number of hydrogen-bond acceptors (Lipinski definition) is 5.